The van der Waals surface area contributed by atoms with E-state index < -0.39 is 40.6 Å². The van der Waals surface area contributed by atoms with Gasteiger partial charge in [-0.3, -0.25) is 24.5 Å². The highest BCUT2D eigenvalue weighted by atomic mass is 19.1. The summed E-state index contributed by atoms with van der Waals surface area (Å²) in [6.45, 7) is -0.700. The van der Waals surface area contributed by atoms with Gasteiger partial charge in [-0.15, -0.1) is 0 Å². The second kappa shape index (κ2) is 9.92. The van der Waals surface area contributed by atoms with Gasteiger partial charge in [0.05, 0.1) is 17.0 Å². The number of fused-ring (bicyclic) bond motifs is 1. The second-order valence-electron chi connectivity index (χ2n) is 7.24. The van der Waals surface area contributed by atoms with Crippen LogP contribution in [0.2, 0.25) is 0 Å². The van der Waals surface area contributed by atoms with E-state index in [0.29, 0.717) is 5.56 Å². The molecule has 3 rings (SSSR count). The summed E-state index contributed by atoms with van der Waals surface area (Å²) in [5.74, 6) is -2.65. The van der Waals surface area contributed by atoms with E-state index in [0.717, 1.165) is 43.9 Å². The molecule has 0 aromatic heterocycles. The van der Waals surface area contributed by atoms with Gasteiger partial charge in [-0.25, -0.2) is 4.39 Å². The first-order chi connectivity index (χ1) is 14.8. The molecule has 2 aromatic rings. The SMILES string of the molecule is O=C(COC(=O)CCC(=O)c1ccc2c(c1)CCCC2)Nc1cc([N+](=O)[O-])ccc1F. The Balaban J connectivity index is 1.46. The number of nitro benzene ring substituents is 1. The smallest absolute Gasteiger partial charge is 0.306 e. The number of rotatable bonds is 8. The number of nitrogens with zero attached hydrogens (tertiary/aromatic N) is 1. The zero-order chi connectivity index (χ0) is 22.4. The van der Waals surface area contributed by atoms with Gasteiger partial charge in [0.1, 0.15) is 5.82 Å². The number of esters is 1. The third-order valence-corrected chi connectivity index (χ3v) is 5.03. The van der Waals surface area contributed by atoms with Crippen molar-refractivity contribution >= 4 is 29.0 Å². The van der Waals surface area contributed by atoms with Crippen molar-refractivity contribution in [2.45, 2.75) is 38.5 Å². The predicted molar refractivity (Wildman–Crippen MR) is 109 cm³/mol. The van der Waals surface area contributed by atoms with E-state index in [1.165, 1.54) is 11.1 Å². The lowest BCUT2D eigenvalue weighted by Crippen LogP contribution is -2.21. The van der Waals surface area contributed by atoms with Gasteiger partial charge in [0, 0.05) is 24.1 Å². The molecule has 0 atom stereocenters. The fraction of sp³-hybridized carbons (Fsp3) is 0.318. The maximum absolute atomic E-state index is 13.7. The molecule has 1 amide bonds. The van der Waals surface area contributed by atoms with Crippen molar-refractivity contribution in [2.24, 2.45) is 0 Å². The molecule has 1 aliphatic carbocycles. The van der Waals surface area contributed by atoms with Crippen LogP contribution in [-0.4, -0.2) is 29.2 Å². The summed E-state index contributed by atoms with van der Waals surface area (Å²) < 4.78 is 18.5. The molecular weight excluding hydrogens is 407 g/mol. The molecule has 31 heavy (non-hydrogen) atoms. The van der Waals surface area contributed by atoms with Crippen molar-refractivity contribution in [1.29, 1.82) is 0 Å². The van der Waals surface area contributed by atoms with Gasteiger partial charge in [-0.2, -0.15) is 0 Å². The molecule has 0 radical (unpaired) electrons. The van der Waals surface area contributed by atoms with E-state index in [4.69, 9.17) is 4.74 Å². The number of anilines is 1. The van der Waals surface area contributed by atoms with Crippen LogP contribution in [0.15, 0.2) is 36.4 Å². The lowest BCUT2D eigenvalue weighted by atomic mass is 9.89. The van der Waals surface area contributed by atoms with Crippen LogP contribution in [0.25, 0.3) is 0 Å². The summed E-state index contributed by atoms with van der Waals surface area (Å²) in [5.41, 5.74) is 2.19. The van der Waals surface area contributed by atoms with Crippen molar-refractivity contribution in [2.75, 3.05) is 11.9 Å². The monoisotopic (exact) mass is 428 g/mol. The molecule has 0 spiro atoms. The number of hydrogen-bond acceptors (Lipinski definition) is 6. The zero-order valence-corrected chi connectivity index (χ0v) is 16.7. The molecular formula is C22H21FN2O6. The first kappa shape index (κ1) is 22.1. The number of ether oxygens (including phenoxy) is 1. The molecule has 0 saturated heterocycles. The van der Waals surface area contributed by atoms with E-state index >= 15 is 0 Å². The maximum Gasteiger partial charge on any atom is 0.306 e. The number of amides is 1. The Morgan fingerprint density at radius 2 is 1.77 bits per heavy atom. The number of carbonyl (C=O) groups is 3. The van der Waals surface area contributed by atoms with Crippen LogP contribution >= 0.6 is 0 Å². The Labute approximate surface area is 177 Å². The summed E-state index contributed by atoms with van der Waals surface area (Å²) in [5, 5.41) is 12.9. The minimum Gasteiger partial charge on any atom is -0.456 e. The summed E-state index contributed by atoms with van der Waals surface area (Å²) in [6.07, 6.45) is 3.94. The number of nitrogens with one attached hydrogen (secondary N) is 1. The Kier molecular flexibility index (Phi) is 7.07. The van der Waals surface area contributed by atoms with Crippen LogP contribution in [0.1, 0.15) is 47.2 Å². The number of halogens is 1. The predicted octanol–water partition coefficient (Wildman–Crippen LogP) is 3.76. The van der Waals surface area contributed by atoms with Crippen molar-refractivity contribution in [1.82, 2.24) is 0 Å². The van der Waals surface area contributed by atoms with Crippen LogP contribution in [0, 0.1) is 15.9 Å². The largest absolute Gasteiger partial charge is 0.456 e. The number of aryl methyl sites for hydroxylation is 2. The van der Waals surface area contributed by atoms with Crippen molar-refractivity contribution in [3.63, 3.8) is 0 Å². The van der Waals surface area contributed by atoms with E-state index in [1.807, 2.05) is 12.1 Å². The Hall–Kier alpha value is -3.62. The molecule has 0 unspecified atom stereocenters. The molecule has 0 aliphatic heterocycles. The fourth-order valence-corrected chi connectivity index (χ4v) is 3.39. The molecule has 0 saturated carbocycles. The lowest BCUT2D eigenvalue weighted by molar-refractivity contribution is -0.384. The Morgan fingerprint density at radius 1 is 1.03 bits per heavy atom. The van der Waals surface area contributed by atoms with Gasteiger partial charge in [0.25, 0.3) is 11.6 Å². The van der Waals surface area contributed by atoms with Gasteiger partial charge in [-0.05, 0) is 48.9 Å². The highest BCUT2D eigenvalue weighted by molar-refractivity contribution is 5.98. The third kappa shape index (κ3) is 5.94. The second-order valence-corrected chi connectivity index (χ2v) is 7.24. The summed E-state index contributed by atoms with van der Waals surface area (Å²) in [4.78, 5) is 46.1. The molecule has 1 N–H and O–H groups in total. The fourth-order valence-electron chi connectivity index (χ4n) is 3.39. The molecule has 2 aromatic carbocycles. The quantitative estimate of drug-likeness (QED) is 0.296. The van der Waals surface area contributed by atoms with Crippen LogP contribution in [0.4, 0.5) is 15.8 Å². The van der Waals surface area contributed by atoms with Crippen LogP contribution in [0.5, 0.6) is 0 Å². The maximum atomic E-state index is 13.7. The molecule has 9 heteroatoms. The molecule has 0 bridgehead atoms. The van der Waals surface area contributed by atoms with E-state index in [2.05, 4.69) is 5.32 Å². The van der Waals surface area contributed by atoms with Gasteiger partial charge in [-0.1, -0.05) is 12.1 Å². The average Bonchev–Trinajstić information content (AvgIpc) is 2.77. The summed E-state index contributed by atoms with van der Waals surface area (Å²) >= 11 is 0. The Morgan fingerprint density at radius 3 is 2.52 bits per heavy atom. The minimum absolute atomic E-state index is 0.0568. The van der Waals surface area contributed by atoms with Crippen LogP contribution in [-0.2, 0) is 27.2 Å². The first-order valence-corrected chi connectivity index (χ1v) is 9.88. The summed E-state index contributed by atoms with van der Waals surface area (Å²) in [7, 11) is 0. The van der Waals surface area contributed by atoms with Crippen molar-refractivity contribution < 1.29 is 28.4 Å². The van der Waals surface area contributed by atoms with Crippen LogP contribution in [0.3, 0.4) is 0 Å². The van der Waals surface area contributed by atoms with E-state index in [9.17, 15) is 28.9 Å². The number of benzene rings is 2. The summed E-state index contributed by atoms with van der Waals surface area (Å²) in [6, 6.07) is 8.28. The van der Waals surface area contributed by atoms with E-state index in [1.54, 1.807) is 6.07 Å². The normalized spacial score (nSPS) is 12.5. The molecule has 162 valence electrons. The van der Waals surface area contributed by atoms with Crippen molar-refractivity contribution in [3.05, 3.63) is 69.0 Å². The first-order valence-electron chi connectivity index (χ1n) is 9.88. The standard InChI is InChI=1S/C22H21FN2O6/c23-18-8-7-17(25(29)30)12-19(18)24-21(27)13-31-22(28)10-9-20(26)16-6-5-14-3-1-2-4-15(14)11-16/h5-8,11-12H,1-4,9-10,13H2,(H,24,27). The number of hydrogen-bond donors (Lipinski definition) is 1. The molecule has 8 nitrogen and oxygen atoms in total. The van der Waals surface area contributed by atoms with Gasteiger partial charge in [0.15, 0.2) is 12.4 Å². The molecule has 0 heterocycles. The van der Waals surface area contributed by atoms with Gasteiger partial charge < -0.3 is 10.1 Å². The molecule has 1 aliphatic rings. The van der Waals surface area contributed by atoms with E-state index in [-0.39, 0.29) is 18.6 Å². The zero-order valence-electron chi connectivity index (χ0n) is 16.7. The molecule has 0 fully saturated rings. The highest BCUT2D eigenvalue weighted by Crippen LogP contribution is 2.23. The van der Waals surface area contributed by atoms with Gasteiger partial charge in [0.2, 0.25) is 0 Å². The van der Waals surface area contributed by atoms with Gasteiger partial charge >= 0.3 is 5.97 Å². The lowest BCUT2D eigenvalue weighted by Gasteiger charge is -2.16. The number of nitro groups is 1. The topological polar surface area (TPSA) is 116 Å². The number of ketones is 1. The van der Waals surface area contributed by atoms with Crippen LogP contribution < -0.4 is 5.32 Å². The number of Topliss-reactive ketones (excluding diaryl/α,β-unsaturated/α-hetero) is 1. The number of carbonyl (C=O) groups excluding carboxylic acids is 3. The Bertz CT molecular complexity index is 1040. The third-order valence-electron chi connectivity index (χ3n) is 5.03. The number of non-ortho nitro benzene ring substituents is 1. The van der Waals surface area contributed by atoms with Crippen molar-refractivity contribution in [3.8, 4) is 0 Å². The highest BCUT2D eigenvalue weighted by Gasteiger charge is 2.17. The minimum atomic E-state index is -0.860. The average molecular weight is 428 g/mol.